The Labute approximate surface area is 152 Å². The van der Waals surface area contributed by atoms with Gasteiger partial charge in [0.25, 0.3) is 5.91 Å². The molecule has 1 aromatic carbocycles. The van der Waals surface area contributed by atoms with E-state index in [4.69, 9.17) is 21.1 Å². The lowest BCUT2D eigenvalue weighted by Crippen LogP contribution is -2.52. The number of ether oxygens (including phenoxy) is 2. The van der Waals surface area contributed by atoms with Crippen molar-refractivity contribution in [2.24, 2.45) is 0 Å². The number of hydrogen-bond acceptors (Lipinski definition) is 5. The van der Waals surface area contributed by atoms with Crippen LogP contribution in [0.25, 0.3) is 0 Å². The maximum atomic E-state index is 12.2. The molecule has 7 heteroatoms. The van der Waals surface area contributed by atoms with Gasteiger partial charge in [-0.3, -0.25) is 4.79 Å². The Morgan fingerprint density at radius 3 is 2.72 bits per heavy atom. The van der Waals surface area contributed by atoms with Gasteiger partial charge in [0.2, 0.25) is 0 Å². The number of nitriles is 1. The first-order chi connectivity index (χ1) is 11.9. The molecule has 1 N–H and O–H groups in total. The van der Waals surface area contributed by atoms with E-state index in [0.717, 1.165) is 19.3 Å². The summed E-state index contributed by atoms with van der Waals surface area (Å²) in [5.74, 6) is -0.705. The Morgan fingerprint density at radius 2 is 2.08 bits per heavy atom. The Hall–Kier alpha value is -2.26. The van der Waals surface area contributed by atoms with Crippen molar-refractivity contribution < 1.29 is 19.1 Å². The number of nitrogens with one attached hydrogen (secondary N) is 1. The monoisotopic (exact) mass is 364 g/mol. The highest BCUT2D eigenvalue weighted by Crippen LogP contribution is 2.27. The first-order valence-corrected chi connectivity index (χ1v) is 8.63. The van der Waals surface area contributed by atoms with Gasteiger partial charge >= 0.3 is 5.97 Å². The number of carbonyl (C=O) groups is 2. The molecule has 0 saturated heterocycles. The second kappa shape index (κ2) is 8.72. The van der Waals surface area contributed by atoms with E-state index in [1.54, 1.807) is 24.3 Å². The Balaban J connectivity index is 1.81. The molecule has 1 saturated carbocycles. The van der Waals surface area contributed by atoms with Gasteiger partial charge in [-0.15, -0.1) is 0 Å². The summed E-state index contributed by atoms with van der Waals surface area (Å²) in [6.07, 6.45) is 3.10. The minimum absolute atomic E-state index is 0.332. The molecule has 1 aliphatic carbocycles. The molecule has 0 bridgehead atoms. The van der Waals surface area contributed by atoms with Crippen LogP contribution in [0.5, 0.6) is 5.75 Å². The number of rotatable bonds is 6. The standard InChI is InChI=1S/C18H21ClN2O4/c1-13(17(23)21-18(12-20)8-3-2-4-9-18)25-16(22)11-24-15-7-5-6-14(19)10-15/h5-7,10,13H,2-4,8-9,11H2,1H3,(H,21,23)/t13-/m1/s1. The van der Waals surface area contributed by atoms with Crippen LogP contribution in [-0.2, 0) is 14.3 Å². The molecule has 1 amide bonds. The van der Waals surface area contributed by atoms with Crippen molar-refractivity contribution >= 4 is 23.5 Å². The lowest BCUT2D eigenvalue weighted by molar-refractivity contribution is -0.157. The molecule has 0 radical (unpaired) electrons. The lowest BCUT2D eigenvalue weighted by Gasteiger charge is -2.32. The van der Waals surface area contributed by atoms with Gasteiger partial charge in [-0.2, -0.15) is 5.26 Å². The summed E-state index contributed by atoms with van der Waals surface area (Å²) in [4.78, 5) is 24.1. The van der Waals surface area contributed by atoms with Crippen molar-refractivity contribution in [1.29, 1.82) is 5.26 Å². The quantitative estimate of drug-likeness (QED) is 0.784. The number of hydrogen-bond donors (Lipinski definition) is 1. The topological polar surface area (TPSA) is 88.4 Å². The molecule has 25 heavy (non-hydrogen) atoms. The third-order valence-corrected chi connectivity index (χ3v) is 4.35. The van der Waals surface area contributed by atoms with Crippen LogP contribution in [0, 0.1) is 11.3 Å². The van der Waals surface area contributed by atoms with Crippen molar-refractivity contribution in [3.05, 3.63) is 29.3 Å². The highest BCUT2D eigenvalue weighted by atomic mass is 35.5. The SMILES string of the molecule is C[C@@H](OC(=O)COc1cccc(Cl)c1)C(=O)NC1(C#N)CCCCC1. The van der Waals surface area contributed by atoms with Crippen LogP contribution >= 0.6 is 11.6 Å². The summed E-state index contributed by atoms with van der Waals surface area (Å²) in [7, 11) is 0. The molecular weight excluding hydrogens is 344 g/mol. The van der Waals surface area contributed by atoms with Crippen molar-refractivity contribution in [3.8, 4) is 11.8 Å². The number of benzene rings is 1. The summed E-state index contributed by atoms with van der Waals surface area (Å²) in [5.41, 5.74) is -0.854. The maximum Gasteiger partial charge on any atom is 0.344 e. The average Bonchev–Trinajstić information content (AvgIpc) is 2.60. The maximum absolute atomic E-state index is 12.2. The van der Waals surface area contributed by atoms with Crippen molar-refractivity contribution in [1.82, 2.24) is 5.32 Å². The van der Waals surface area contributed by atoms with Crippen LogP contribution < -0.4 is 10.1 Å². The fourth-order valence-corrected chi connectivity index (χ4v) is 2.92. The van der Waals surface area contributed by atoms with Crippen LogP contribution in [0.15, 0.2) is 24.3 Å². The molecule has 134 valence electrons. The van der Waals surface area contributed by atoms with E-state index in [1.165, 1.54) is 6.92 Å². The number of esters is 1. The highest BCUT2D eigenvalue weighted by molar-refractivity contribution is 6.30. The van der Waals surface area contributed by atoms with Crippen LogP contribution in [0.1, 0.15) is 39.0 Å². The first kappa shape index (κ1) is 19.1. The third-order valence-electron chi connectivity index (χ3n) is 4.11. The Bertz CT molecular complexity index is 665. The van der Waals surface area contributed by atoms with Gasteiger partial charge < -0.3 is 14.8 Å². The largest absolute Gasteiger partial charge is 0.482 e. The normalized spacial score (nSPS) is 17.0. The summed E-state index contributed by atoms with van der Waals surface area (Å²) >= 11 is 5.83. The predicted molar refractivity (Wildman–Crippen MR) is 92.1 cm³/mol. The second-order valence-corrected chi connectivity index (χ2v) is 6.56. The van der Waals surface area contributed by atoms with Gasteiger partial charge in [0.15, 0.2) is 12.7 Å². The molecule has 0 unspecified atom stereocenters. The van der Waals surface area contributed by atoms with Crippen molar-refractivity contribution in [3.63, 3.8) is 0 Å². The lowest BCUT2D eigenvalue weighted by atomic mass is 9.83. The molecule has 0 spiro atoms. The smallest absolute Gasteiger partial charge is 0.344 e. The fourth-order valence-electron chi connectivity index (χ4n) is 2.74. The zero-order chi connectivity index (χ0) is 18.3. The van der Waals surface area contributed by atoms with Crippen molar-refractivity contribution in [2.75, 3.05) is 6.61 Å². The fraction of sp³-hybridized carbons (Fsp3) is 0.500. The molecule has 1 aliphatic rings. The number of nitrogens with zero attached hydrogens (tertiary/aromatic N) is 1. The predicted octanol–water partition coefficient (Wildman–Crippen LogP) is 2.99. The minimum atomic E-state index is -0.998. The summed E-state index contributed by atoms with van der Waals surface area (Å²) in [6, 6.07) is 8.82. The van der Waals surface area contributed by atoms with Gasteiger partial charge in [-0.05, 0) is 38.0 Å². The Morgan fingerprint density at radius 1 is 1.36 bits per heavy atom. The molecule has 0 aromatic heterocycles. The molecule has 6 nitrogen and oxygen atoms in total. The average molecular weight is 365 g/mol. The van der Waals surface area contributed by atoms with E-state index in [1.807, 2.05) is 0 Å². The van der Waals surface area contributed by atoms with Crippen LogP contribution in [-0.4, -0.2) is 30.1 Å². The molecule has 1 fully saturated rings. The zero-order valence-corrected chi connectivity index (χ0v) is 14.8. The zero-order valence-electron chi connectivity index (χ0n) is 14.1. The van der Waals surface area contributed by atoms with Gasteiger partial charge in [0.05, 0.1) is 6.07 Å². The third kappa shape index (κ3) is 5.64. The van der Waals surface area contributed by atoms with Gasteiger partial charge in [0, 0.05) is 5.02 Å². The van der Waals surface area contributed by atoms with Gasteiger partial charge in [0.1, 0.15) is 11.3 Å². The van der Waals surface area contributed by atoms with Gasteiger partial charge in [-0.25, -0.2) is 4.79 Å². The Kier molecular flexibility index (Phi) is 6.65. The van der Waals surface area contributed by atoms with Crippen LogP contribution in [0.2, 0.25) is 5.02 Å². The molecule has 0 aliphatic heterocycles. The molecular formula is C18H21ClN2O4. The summed E-state index contributed by atoms with van der Waals surface area (Å²) < 4.78 is 10.4. The summed E-state index contributed by atoms with van der Waals surface area (Å²) in [5, 5.41) is 12.6. The number of carbonyl (C=O) groups excluding carboxylic acids is 2. The number of halogens is 1. The first-order valence-electron chi connectivity index (χ1n) is 8.25. The van der Waals surface area contributed by atoms with E-state index in [9.17, 15) is 14.9 Å². The molecule has 0 heterocycles. The minimum Gasteiger partial charge on any atom is -0.482 e. The summed E-state index contributed by atoms with van der Waals surface area (Å²) in [6.45, 7) is 1.14. The van der Waals surface area contributed by atoms with Crippen LogP contribution in [0.4, 0.5) is 0 Å². The second-order valence-electron chi connectivity index (χ2n) is 6.12. The van der Waals surface area contributed by atoms with Crippen molar-refractivity contribution in [2.45, 2.75) is 50.7 Å². The van der Waals surface area contributed by atoms with E-state index in [2.05, 4.69) is 11.4 Å². The van der Waals surface area contributed by atoms with E-state index >= 15 is 0 Å². The number of amides is 1. The van der Waals surface area contributed by atoms with Crippen LogP contribution in [0.3, 0.4) is 0 Å². The van der Waals surface area contributed by atoms with E-state index in [0.29, 0.717) is 23.6 Å². The molecule has 1 aromatic rings. The highest BCUT2D eigenvalue weighted by Gasteiger charge is 2.35. The molecule has 1 atom stereocenters. The van der Waals surface area contributed by atoms with E-state index in [-0.39, 0.29) is 6.61 Å². The molecule has 2 rings (SSSR count). The van der Waals surface area contributed by atoms with Gasteiger partial charge in [-0.1, -0.05) is 36.9 Å². The van der Waals surface area contributed by atoms with E-state index < -0.39 is 23.5 Å².